The van der Waals surface area contributed by atoms with Crippen LogP contribution in [0.2, 0.25) is 0 Å². The van der Waals surface area contributed by atoms with E-state index in [0.29, 0.717) is 5.56 Å². The molecule has 0 saturated heterocycles. The highest BCUT2D eigenvalue weighted by atomic mass is 16.4. The Morgan fingerprint density at radius 2 is 2.18 bits per heavy atom. The number of aromatic carboxylic acids is 1. The Morgan fingerprint density at radius 3 is 2.94 bits per heavy atom. The predicted molar refractivity (Wildman–Crippen MR) is 65.2 cm³/mol. The van der Waals surface area contributed by atoms with Crippen molar-refractivity contribution in [1.82, 2.24) is 9.55 Å². The zero-order valence-electron chi connectivity index (χ0n) is 9.21. The molecule has 0 spiro atoms. The zero-order valence-corrected chi connectivity index (χ0v) is 9.21. The molecule has 17 heavy (non-hydrogen) atoms. The van der Waals surface area contributed by atoms with Gasteiger partial charge in [0.1, 0.15) is 0 Å². The summed E-state index contributed by atoms with van der Waals surface area (Å²) in [7, 11) is 1.84. The first-order chi connectivity index (χ1) is 8.18. The molecule has 0 radical (unpaired) electrons. The molecule has 84 valence electrons. The largest absolute Gasteiger partial charge is 0.478 e. The number of fused-ring (bicyclic) bond motifs is 3. The van der Waals surface area contributed by atoms with Gasteiger partial charge in [-0.05, 0) is 6.07 Å². The molecule has 2 aromatic heterocycles. The van der Waals surface area contributed by atoms with Crippen molar-refractivity contribution in [2.45, 2.75) is 0 Å². The van der Waals surface area contributed by atoms with E-state index in [4.69, 9.17) is 5.11 Å². The second-order valence-corrected chi connectivity index (χ2v) is 4.00. The molecular formula is C13H10N2O2. The number of aryl methyl sites for hydroxylation is 1. The van der Waals surface area contributed by atoms with E-state index in [1.165, 1.54) is 0 Å². The maximum Gasteiger partial charge on any atom is 0.337 e. The van der Waals surface area contributed by atoms with Crippen LogP contribution in [-0.2, 0) is 7.05 Å². The monoisotopic (exact) mass is 226 g/mol. The molecule has 4 heteroatoms. The SMILES string of the molecule is Cn1cc(C(=O)O)c2ccc3cccnc3c21. The van der Waals surface area contributed by atoms with Crippen LogP contribution in [0.4, 0.5) is 0 Å². The van der Waals surface area contributed by atoms with Crippen molar-refractivity contribution in [3.05, 3.63) is 42.2 Å². The molecule has 3 rings (SSSR count). The van der Waals surface area contributed by atoms with Gasteiger partial charge in [0.15, 0.2) is 0 Å². The molecule has 0 atom stereocenters. The molecule has 0 saturated carbocycles. The van der Waals surface area contributed by atoms with Gasteiger partial charge in [0.2, 0.25) is 0 Å². The van der Waals surface area contributed by atoms with Gasteiger partial charge >= 0.3 is 5.97 Å². The number of carbonyl (C=O) groups is 1. The summed E-state index contributed by atoms with van der Waals surface area (Å²) < 4.78 is 1.81. The fraction of sp³-hybridized carbons (Fsp3) is 0.0769. The van der Waals surface area contributed by atoms with Crippen LogP contribution in [0.15, 0.2) is 36.7 Å². The summed E-state index contributed by atoms with van der Waals surface area (Å²) in [5.41, 5.74) is 2.01. The Morgan fingerprint density at radius 1 is 1.35 bits per heavy atom. The second-order valence-electron chi connectivity index (χ2n) is 4.00. The van der Waals surface area contributed by atoms with E-state index in [1.807, 2.05) is 35.9 Å². The van der Waals surface area contributed by atoms with Crippen molar-refractivity contribution < 1.29 is 9.90 Å². The Hall–Kier alpha value is -2.36. The van der Waals surface area contributed by atoms with E-state index in [2.05, 4.69) is 4.98 Å². The summed E-state index contributed by atoms with van der Waals surface area (Å²) in [6.07, 6.45) is 3.34. The number of rotatable bonds is 1. The van der Waals surface area contributed by atoms with Gasteiger partial charge in [-0.25, -0.2) is 4.79 Å². The number of nitrogens with zero attached hydrogens (tertiary/aromatic N) is 2. The highest BCUT2D eigenvalue weighted by molar-refractivity contribution is 6.11. The van der Waals surface area contributed by atoms with Crippen LogP contribution in [0.5, 0.6) is 0 Å². The molecule has 0 amide bonds. The van der Waals surface area contributed by atoms with Crippen LogP contribution in [0.1, 0.15) is 10.4 Å². The van der Waals surface area contributed by atoms with Crippen LogP contribution in [-0.4, -0.2) is 20.6 Å². The van der Waals surface area contributed by atoms with Gasteiger partial charge in [-0.2, -0.15) is 0 Å². The number of carboxylic acid groups (broad SMARTS) is 1. The first-order valence-corrected chi connectivity index (χ1v) is 5.24. The Bertz CT molecular complexity index is 744. The molecule has 0 bridgehead atoms. The fourth-order valence-electron chi connectivity index (χ4n) is 2.20. The number of hydrogen-bond acceptors (Lipinski definition) is 2. The van der Waals surface area contributed by atoms with Crippen LogP contribution in [0.25, 0.3) is 21.8 Å². The second kappa shape index (κ2) is 3.31. The Labute approximate surface area is 97.1 Å². The number of benzene rings is 1. The summed E-state index contributed by atoms with van der Waals surface area (Å²) in [5.74, 6) is -0.911. The normalized spacial score (nSPS) is 11.1. The maximum atomic E-state index is 11.1. The molecule has 0 fully saturated rings. The van der Waals surface area contributed by atoms with E-state index in [-0.39, 0.29) is 0 Å². The van der Waals surface area contributed by atoms with Gasteiger partial charge in [0.25, 0.3) is 0 Å². The van der Waals surface area contributed by atoms with Crippen LogP contribution >= 0.6 is 0 Å². The Kier molecular flexibility index (Phi) is 1.92. The van der Waals surface area contributed by atoms with Crippen LogP contribution in [0, 0.1) is 0 Å². The average molecular weight is 226 g/mol. The van der Waals surface area contributed by atoms with Gasteiger partial charge in [-0.15, -0.1) is 0 Å². The van der Waals surface area contributed by atoms with E-state index in [0.717, 1.165) is 21.8 Å². The van der Waals surface area contributed by atoms with Crippen molar-refractivity contribution in [2.24, 2.45) is 7.05 Å². The lowest BCUT2D eigenvalue weighted by Crippen LogP contribution is -1.93. The minimum Gasteiger partial charge on any atom is -0.478 e. The van der Waals surface area contributed by atoms with E-state index < -0.39 is 5.97 Å². The van der Waals surface area contributed by atoms with Crippen molar-refractivity contribution in [1.29, 1.82) is 0 Å². The van der Waals surface area contributed by atoms with Crippen LogP contribution < -0.4 is 0 Å². The summed E-state index contributed by atoms with van der Waals surface area (Å²) in [6, 6.07) is 7.57. The molecule has 0 aliphatic rings. The standard InChI is InChI=1S/C13H10N2O2/c1-15-7-10(13(16)17)9-5-4-8-3-2-6-14-11(8)12(9)15/h2-7H,1H3,(H,16,17). The fourth-order valence-corrected chi connectivity index (χ4v) is 2.20. The highest BCUT2D eigenvalue weighted by Crippen LogP contribution is 2.27. The van der Waals surface area contributed by atoms with Crippen molar-refractivity contribution in [3.8, 4) is 0 Å². The summed E-state index contributed by atoms with van der Waals surface area (Å²) >= 11 is 0. The van der Waals surface area contributed by atoms with Gasteiger partial charge in [-0.1, -0.05) is 18.2 Å². The number of pyridine rings is 1. The first kappa shape index (κ1) is 9.84. The van der Waals surface area contributed by atoms with E-state index in [9.17, 15) is 4.79 Å². The molecule has 3 aromatic rings. The van der Waals surface area contributed by atoms with Crippen molar-refractivity contribution in [3.63, 3.8) is 0 Å². The summed E-state index contributed by atoms with van der Waals surface area (Å²) in [4.78, 5) is 15.5. The summed E-state index contributed by atoms with van der Waals surface area (Å²) in [5, 5.41) is 10.9. The van der Waals surface area contributed by atoms with Crippen molar-refractivity contribution in [2.75, 3.05) is 0 Å². The predicted octanol–water partition coefficient (Wildman–Crippen LogP) is 2.42. The quantitative estimate of drug-likeness (QED) is 0.693. The molecule has 0 unspecified atom stereocenters. The summed E-state index contributed by atoms with van der Waals surface area (Å²) in [6.45, 7) is 0. The van der Waals surface area contributed by atoms with E-state index >= 15 is 0 Å². The van der Waals surface area contributed by atoms with E-state index in [1.54, 1.807) is 12.4 Å². The smallest absolute Gasteiger partial charge is 0.337 e. The molecular weight excluding hydrogens is 216 g/mol. The third kappa shape index (κ3) is 1.30. The first-order valence-electron chi connectivity index (χ1n) is 5.24. The number of carboxylic acids is 1. The third-order valence-electron chi connectivity index (χ3n) is 2.94. The van der Waals surface area contributed by atoms with Crippen LogP contribution in [0.3, 0.4) is 0 Å². The highest BCUT2D eigenvalue weighted by Gasteiger charge is 2.14. The molecule has 0 aliphatic carbocycles. The number of aromatic nitrogens is 2. The lowest BCUT2D eigenvalue weighted by molar-refractivity contribution is 0.0699. The molecule has 0 aliphatic heterocycles. The lowest BCUT2D eigenvalue weighted by atomic mass is 10.1. The maximum absolute atomic E-state index is 11.1. The van der Waals surface area contributed by atoms with Gasteiger partial charge in [0, 0.05) is 30.2 Å². The zero-order chi connectivity index (χ0) is 12.0. The topological polar surface area (TPSA) is 55.1 Å². The average Bonchev–Trinajstić information content (AvgIpc) is 2.67. The minimum absolute atomic E-state index is 0.315. The number of hydrogen-bond donors (Lipinski definition) is 1. The van der Waals surface area contributed by atoms with Gasteiger partial charge in [-0.3, -0.25) is 4.98 Å². The third-order valence-corrected chi connectivity index (χ3v) is 2.94. The molecule has 1 N–H and O–H groups in total. The Balaban J connectivity index is 2.55. The lowest BCUT2D eigenvalue weighted by Gasteiger charge is -2.01. The molecule has 1 aromatic carbocycles. The minimum atomic E-state index is -0.911. The van der Waals surface area contributed by atoms with Gasteiger partial charge in [0.05, 0.1) is 16.6 Å². The molecule has 4 nitrogen and oxygen atoms in total. The van der Waals surface area contributed by atoms with Gasteiger partial charge < -0.3 is 9.67 Å². The van der Waals surface area contributed by atoms with Crippen molar-refractivity contribution >= 4 is 27.8 Å². The molecule has 2 heterocycles.